The summed E-state index contributed by atoms with van der Waals surface area (Å²) in [5.74, 6) is 1.15. The first kappa shape index (κ1) is 15.0. The van der Waals surface area contributed by atoms with Gasteiger partial charge in [0.1, 0.15) is 0 Å². The van der Waals surface area contributed by atoms with E-state index in [0.29, 0.717) is 11.8 Å². The predicted molar refractivity (Wildman–Crippen MR) is 81.0 cm³/mol. The second kappa shape index (κ2) is 5.72. The van der Waals surface area contributed by atoms with E-state index in [-0.39, 0.29) is 23.9 Å². The number of nitrogens with one attached hydrogen (secondary N) is 2. The summed E-state index contributed by atoms with van der Waals surface area (Å²) in [5.41, 5.74) is 0. The minimum Gasteiger partial charge on any atom is -0.352 e. The molecular formula is C15H24N2O3S. The highest BCUT2D eigenvalue weighted by atomic mass is 32.2. The Labute approximate surface area is 126 Å². The van der Waals surface area contributed by atoms with Gasteiger partial charge in [-0.2, -0.15) is 0 Å². The Balaban J connectivity index is 1.62. The fourth-order valence-corrected chi connectivity index (χ4v) is 4.92. The lowest BCUT2D eigenvalue weighted by atomic mass is 9.88. The maximum Gasteiger partial charge on any atom is 0.223 e. The molecule has 0 spiro atoms. The van der Waals surface area contributed by atoms with E-state index in [1.807, 2.05) is 0 Å². The van der Waals surface area contributed by atoms with Crippen molar-refractivity contribution >= 4 is 15.9 Å². The van der Waals surface area contributed by atoms with Crippen molar-refractivity contribution in [1.29, 1.82) is 0 Å². The molecule has 5 atom stereocenters. The highest BCUT2D eigenvalue weighted by Crippen LogP contribution is 2.43. The molecule has 6 heteroatoms. The van der Waals surface area contributed by atoms with Crippen LogP contribution in [0.3, 0.4) is 0 Å². The minimum absolute atomic E-state index is 0.0657. The van der Waals surface area contributed by atoms with Crippen LogP contribution in [0.15, 0.2) is 12.2 Å². The number of allylic oxidation sites excluding steroid dienone is 2. The Morgan fingerprint density at radius 2 is 1.81 bits per heavy atom. The lowest BCUT2D eigenvalue weighted by Crippen LogP contribution is -2.54. The zero-order valence-corrected chi connectivity index (χ0v) is 13.2. The van der Waals surface area contributed by atoms with E-state index in [0.717, 1.165) is 38.5 Å². The molecule has 5 nitrogen and oxygen atoms in total. The van der Waals surface area contributed by atoms with Gasteiger partial charge in [0.05, 0.1) is 6.26 Å². The van der Waals surface area contributed by atoms with Crippen molar-refractivity contribution < 1.29 is 13.2 Å². The summed E-state index contributed by atoms with van der Waals surface area (Å²) >= 11 is 0. The van der Waals surface area contributed by atoms with Crippen molar-refractivity contribution in [2.75, 3.05) is 6.26 Å². The maximum absolute atomic E-state index is 12.5. The monoisotopic (exact) mass is 312 g/mol. The minimum atomic E-state index is -3.23. The van der Waals surface area contributed by atoms with E-state index in [2.05, 4.69) is 22.2 Å². The quantitative estimate of drug-likeness (QED) is 0.765. The van der Waals surface area contributed by atoms with Crippen LogP contribution in [0.4, 0.5) is 0 Å². The van der Waals surface area contributed by atoms with Gasteiger partial charge in [-0.3, -0.25) is 4.79 Å². The van der Waals surface area contributed by atoms with Gasteiger partial charge < -0.3 is 5.32 Å². The molecule has 3 rings (SSSR count). The molecule has 2 bridgehead atoms. The van der Waals surface area contributed by atoms with Gasteiger partial charge in [-0.05, 0) is 37.5 Å². The number of fused-ring (bicyclic) bond motifs is 2. The van der Waals surface area contributed by atoms with E-state index < -0.39 is 10.0 Å². The smallest absolute Gasteiger partial charge is 0.223 e. The molecule has 0 aromatic rings. The van der Waals surface area contributed by atoms with E-state index >= 15 is 0 Å². The van der Waals surface area contributed by atoms with Crippen molar-refractivity contribution in [3.8, 4) is 0 Å². The number of amides is 1. The normalized spacial score (nSPS) is 38.6. The van der Waals surface area contributed by atoms with E-state index in [9.17, 15) is 13.2 Å². The first-order valence-corrected chi connectivity index (χ1v) is 9.77. The molecule has 2 N–H and O–H groups in total. The van der Waals surface area contributed by atoms with Gasteiger partial charge >= 0.3 is 0 Å². The van der Waals surface area contributed by atoms with Crippen LogP contribution in [0, 0.1) is 17.8 Å². The average Bonchev–Trinajstić information content (AvgIpc) is 3.01. The van der Waals surface area contributed by atoms with Gasteiger partial charge in [0.15, 0.2) is 0 Å². The van der Waals surface area contributed by atoms with Crippen LogP contribution < -0.4 is 10.0 Å². The Morgan fingerprint density at radius 3 is 2.38 bits per heavy atom. The summed E-state index contributed by atoms with van der Waals surface area (Å²) in [5, 5.41) is 3.12. The molecular weight excluding hydrogens is 288 g/mol. The zero-order chi connectivity index (χ0) is 15.0. The maximum atomic E-state index is 12.5. The first-order chi connectivity index (χ1) is 9.92. The number of carbonyl (C=O) groups excluding carboxylic acids is 1. The molecule has 0 heterocycles. The average molecular weight is 312 g/mol. The summed E-state index contributed by atoms with van der Waals surface area (Å²) in [7, 11) is -3.23. The molecule has 0 aromatic heterocycles. The van der Waals surface area contributed by atoms with Gasteiger partial charge in [0, 0.05) is 18.0 Å². The van der Waals surface area contributed by atoms with Crippen molar-refractivity contribution in [1.82, 2.24) is 10.0 Å². The van der Waals surface area contributed by atoms with Crippen LogP contribution in [-0.4, -0.2) is 32.7 Å². The van der Waals surface area contributed by atoms with Crippen molar-refractivity contribution in [2.24, 2.45) is 17.8 Å². The van der Waals surface area contributed by atoms with Crippen LogP contribution in [0.2, 0.25) is 0 Å². The zero-order valence-electron chi connectivity index (χ0n) is 12.4. The number of hydrogen-bond acceptors (Lipinski definition) is 3. The van der Waals surface area contributed by atoms with Gasteiger partial charge in [0.2, 0.25) is 15.9 Å². The lowest BCUT2D eigenvalue weighted by Gasteiger charge is -2.33. The third-order valence-corrected chi connectivity index (χ3v) is 5.81. The second-order valence-corrected chi connectivity index (χ2v) is 8.56. The van der Waals surface area contributed by atoms with Gasteiger partial charge in [-0.15, -0.1) is 0 Å². The van der Waals surface area contributed by atoms with Crippen molar-refractivity contribution in [2.45, 2.75) is 50.6 Å². The molecule has 3 aliphatic carbocycles. The highest BCUT2D eigenvalue weighted by molar-refractivity contribution is 7.88. The Bertz CT molecular complexity index is 543. The van der Waals surface area contributed by atoms with Gasteiger partial charge in [0.25, 0.3) is 0 Å². The summed E-state index contributed by atoms with van der Waals surface area (Å²) in [6, 6.07) is -0.226. The molecule has 0 radical (unpaired) electrons. The van der Waals surface area contributed by atoms with Gasteiger partial charge in [-0.1, -0.05) is 25.0 Å². The molecule has 0 aromatic carbocycles. The molecule has 118 valence electrons. The molecule has 2 saturated carbocycles. The Hall–Kier alpha value is -0.880. The van der Waals surface area contributed by atoms with E-state index in [4.69, 9.17) is 0 Å². The number of sulfonamides is 1. The Kier molecular flexibility index (Phi) is 4.10. The standard InChI is InChI=1S/C15H24N2O3S/c1-21(19,20)17-14-5-3-2-4-13(14)16-15(18)12-9-10-6-7-11(12)8-10/h6-7,10-14,17H,2-5,8-9H2,1H3,(H,16,18). The molecule has 0 saturated heterocycles. The van der Waals surface area contributed by atoms with Crippen LogP contribution in [0.1, 0.15) is 38.5 Å². The molecule has 5 unspecified atom stereocenters. The number of carbonyl (C=O) groups is 1. The van der Waals surface area contributed by atoms with Crippen LogP contribution in [-0.2, 0) is 14.8 Å². The topological polar surface area (TPSA) is 75.3 Å². The number of hydrogen-bond donors (Lipinski definition) is 2. The van der Waals surface area contributed by atoms with E-state index in [1.54, 1.807) is 0 Å². The van der Waals surface area contributed by atoms with Crippen LogP contribution >= 0.6 is 0 Å². The van der Waals surface area contributed by atoms with Crippen LogP contribution in [0.5, 0.6) is 0 Å². The third kappa shape index (κ3) is 3.48. The SMILES string of the molecule is CS(=O)(=O)NC1CCCCC1NC(=O)C1CC2C=CC1C2. The molecule has 0 aliphatic heterocycles. The second-order valence-electron chi connectivity index (χ2n) is 6.78. The van der Waals surface area contributed by atoms with Crippen LogP contribution in [0.25, 0.3) is 0 Å². The molecule has 3 aliphatic rings. The third-order valence-electron chi connectivity index (χ3n) is 5.07. The first-order valence-electron chi connectivity index (χ1n) is 7.88. The fourth-order valence-electron chi connectivity index (χ4n) is 4.09. The highest BCUT2D eigenvalue weighted by Gasteiger charge is 2.41. The predicted octanol–water partition coefficient (Wildman–Crippen LogP) is 1.18. The number of rotatable bonds is 4. The molecule has 1 amide bonds. The summed E-state index contributed by atoms with van der Waals surface area (Å²) in [6.45, 7) is 0. The molecule has 21 heavy (non-hydrogen) atoms. The van der Waals surface area contributed by atoms with Crippen molar-refractivity contribution in [3.63, 3.8) is 0 Å². The van der Waals surface area contributed by atoms with Crippen molar-refractivity contribution in [3.05, 3.63) is 12.2 Å². The fraction of sp³-hybridized carbons (Fsp3) is 0.800. The Morgan fingerprint density at radius 1 is 1.10 bits per heavy atom. The van der Waals surface area contributed by atoms with Gasteiger partial charge in [-0.25, -0.2) is 13.1 Å². The van der Waals surface area contributed by atoms with E-state index in [1.165, 1.54) is 6.26 Å². The summed E-state index contributed by atoms with van der Waals surface area (Å²) in [4.78, 5) is 12.5. The molecule has 2 fully saturated rings. The lowest BCUT2D eigenvalue weighted by molar-refractivity contribution is -0.126. The summed E-state index contributed by atoms with van der Waals surface area (Å²) in [6.07, 6.45) is 11.3. The summed E-state index contributed by atoms with van der Waals surface area (Å²) < 4.78 is 25.6. The largest absolute Gasteiger partial charge is 0.352 e.